The molecule has 3 N–H and O–H groups in total. The van der Waals surface area contributed by atoms with Gasteiger partial charge >= 0.3 is 5.97 Å². The summed E-state index contributed by atoms with van der Waals surface area (Å²) >= 11 is 0. The zero-order valence-electron chi connectivity index (χ0n) is 11.0. The quantitative estimate of drug-likeness (QED) is 0.575. The highest BCUT2D eigenvalue weighted by molar-refractivity contribution is 5.97. The van der Waals surface area contributed by atoms with Crippen LogP contribution in [0.5, 0.6) is 0 Å². The van der Waals surface area contributed by atoms with Gasteiger partial charge in [-0.15, -0.1) is 0 Å². The smallest absolute Gasteiger partial charge is 0.340 e. The Kier molecular flexibility index (Phi) is 5.97. The van der Waals surface area contributed by atoms with E-state index < -0.39 is 5.97 Å². The monoisotopic (exact) mass is 251 g/mol. The molecular weight excluding hydrogens is 230 g/mol. The van der Waals surface area contributed by atoms with Crippen LogP contribution < -0.4 is 11.1 Å². The second kappa shape index (κ2) is 7.53. The lowest BCUT2D eigenvalue weighted by Crippen LogP contribution is -2.12. The first kappa shape index (κ1) is 14.3. The Balaban J connectivity index is 2.69. The number of nitrogen functional groups attached to an aromatic ring is 1. The fraction of sp³-hybridized carbons (Fsp3) is 0.538. The van der Waals surface area contributed by atoms with Gasteiger partial charge in [0.2, 0.25) is 0 Å². The average molecular weight is 251 g/mol. The molecule has 100 valence electrons. The third-order valence-corrected chi connectivity index (χ3v) is 2.56. The number of rotatable bonds is 7. The zero-order valence-corrected chi connectivity index (χ0v) is 11.0. The van der Waals surface area contributed by atoms with Gasteiger partial charge in [0.05, 0.1) is 17.9 Å². The molecule has 1 rings (SSSR count). The normalized spacial score (nSPS) is 10.1. The number of unbranched alkanes of at least 4 members (excludes halogenated alkanes) is 2. The first-order chi connectivity index (χ1) is 8.70. The Bertz CT molecular complexity index is 394. The summed E-state index contributed by atoms with van der Waals surface area (Å²) in [7, 11) is 0. The van der Waals surface area contributed by atoms with E-state index in [0.29, 0.717) is 23.7 Å². The molecule has 18 heavy (non-hydrogen) atoms. The maximum absolute atomic E-state index is 11.6. The van der Waals surface area contributed by atoms with Gasteiger partial charge in [-0.25, -0.2) is 9.78 Å². The lowest BCUT2D eigenvalue weighted by molar-refractivity contribution is 0.0527. The maximum atomic E-state index is 11.6. The molecule has 5 heteroatoms. The molecule has 0 aliphatic rings. The maximum Gasteiger partial charge on any atom is 0.340 e. The molecule has 1 heterocycles. The molecule has 1 aromatic heterocycles. The van der Waals surface area contributed by atoms with Crippen LogP contribution in [0, 0.1) is 0 Å². The molecule has 0 bridgehead atoms. The van der Waals surface area contributed by atoms with Crippen molar-refractivity contribution in [2.24, 2.45) is 0 Å². The Morgan fingerprint density at radius 2 is 2.22 bits per heavy atom. The van der Waals surface area contributed by atoms with Crippen molar-refractivity contribution in [2.75, 3.05) is 24.2 Å². The fourth-order valence-corrected chi connectivity index (χ4v) is 1.58. The third kappa shape index (κ3) is 3.91. The van der Waals surface area contributed by atoms with Crippen LogP contribution in [0.2, 0.25) is 0 Å². The third-order valence-electron chi connectivity index (χ3n) is 2.56. The van der Waals surface area contributed by atoms with Crippen molar-refractivity contribution in [3.63, 3.8) is 0 Å². The fourth-order valence-electron chi connectivity index (χ4n) is 1.58. The number of carbonyl (C=O) groups excluding carboxylic acids is 1. The number of aromatic nitrogens is 1. The number of carbonyl (C=O) groups is 1. The minimum Gasteiger partial charge on any atom is -0.462 e. The standard InChI is InChI=1S/C13H21N3O2/c1-3-5-6-8-15-12-11(14)10(7-9-16-12)13(17)18-4-2/h7,9H,3-6,8,14H2,1-2H3,(H,15,16). The van der Waals surface area contributed by atoms with Crippen molar-refractivity contribution in [2.45, 2.75) is 33.1 Å². The molecule has 0 unspecified atom stereocenters. The summed E-state index contributed by atoms with van der Waals surface area (Å²) in [6.07, 6.45) is 4.93. The minimum absolute atomic E-state index is 0.333. The Morgan fingerprint density at radius 1 is 1.44 bits per heavy atom. The van der Waals surface area contributed by atoms with E-state index in [1.807, 2.05) is 0 Å². The van der Waals surface area contributed by atoms with Crippen LogP contribution in [0.25, 0.3) is 0 Å². The Morgan fingerprint density at radius 3 is 2.89 bits per heavy atom. The number of ether oxygens (including phenoxy) is 1. The molecule has 0 aromatic carbocycles. The molecular formula is C13H21N3O2. The van der Waals surface area contributed by atoms with Gasteiger partial charge in [-0.3, -0.25) is 0 Å². The van der Waals surface area contributed by atoms with E-state index in [9.17, 15) is 4.79 Å². The molecule has 5 nitrogen and oxygen atoms in total. The van der Waals surface area contributed by atoms with Crippen LogP contribution in [0.4, 0.5) is 11.5 Å². The van der Waals surface area contributed by atoms with E-state index in [4.69, 9.17) is 10.5 Å². The van der Waals surface area contributed by atoms with E-state index in [1.165, 1.54) is 0 Å². The Hall–Kier alpha value is -1.78. The highest BCUT2D eigenvalue weighted by Crippen LogP contribution is 2.20. The minimum atomic E-state index is -0.408. The number of nitrogens with zero attached hydrogens (tertiary/aromatic N) is 1. The van der Waals surface area contributed by atoms with Crippen LogP contribution in [-0.4, -0.2) is 24.1 Å². The van der Waals surface area contributed by atoms with Crippen LogP contribution in [-0.2, 0) is 4.74 Å². The van der Waals surface area contributed by atoms with Gasteiger partial charge in [0, 0.05) is 12.7 Å². The van der Waals surface area contributed by atoms with Crippen molar-refractivity contribution in [3.05, 3.63) is 17.8 Å². The van der Waals surface area contributed by atoms with Crippen LogP contribution >= 0.6 is 0 Å². The van der Waals surface area contributed by atoms with Gasteiger partial charge in [0.1, 0.15) is 5.82 Å². The molecule has 1 aromatic rings. The number of pyridine rings is 1. The van der Waals surface area contributed by atoms with Crippen molar-refractivity contribution in [1.29, 1.82) is 0 Å². The predicted octanol–water partition coefficient (Wildman–Crippen LogP) is 2.44. The largest absolute Gasteiger partial charge is 0.462 e. The Labute approximate surface area is 108 Å². The van der Waals surface area contributed by atoms with E-state index in [2.05, 4.69) is 17.2 Å². The van der Waals surface area contributed by atoms with E-state index in [-0.39, 0.29) is 0 Å². The second-order valence-corrected chi connectivity index (χ2v) is 3.98. The summed E-state index contributed by atoms with van der Waals surface area (Å²) in [4.78, 5) is 15.8. The number of hydrogen-bond donors (Lipinski definition) is 2. The lowest BCUT2D eigenvalue weighted by atomic mass is 10.2. The number of hydrogen-bond acceptors (Lipinski definition) is 5. The number of nitrogens with one attached hydrogen (secondary N) is 1. The second-order valence-electron chi connectivity index (χ2n) is 3.98. The zero-order chi connectivity index (χ0) is 13.4. The molecule has 0 saturated heterocycles. The summed E-state index contributed by atoms with van der Waals surface area (Å²) in [5.74, 6) is 0.144. The van der Waals surface area contributed by atoms with Gasteiger partial charge < -0.3 is 15.8 Å². The molecule has 0 radical (unpaired) electrons. The van der Waals surface area contributed by atoms with Crippen LogP contribution in [0.1, 0.15) is 43.5 Å². The van der Waals surface area contributed by atoms with E-state index in [0.717, 1.165) is 25.8 Å². The van der Waals surface area contributed by atoms with Crippen molar-refractivity contribution < 1.29 is 9.53 Å². The first-order valence-corrected chi connectivity index (χ1v) is 6.36. The van der Waals surface area contributed by atoms with Crippen LogP contribution in [0.15, 0.2) is 12.3 Å². The summed E-state index contributed by atoms with van der Waals surface area (Å²) in [5.41, 5.74) is 6.62. The molecule has 0 saturated carbocycles. The summed E-state index contributed by atoms with van der Waals surface area (Å²) in [6.45, 7) is 5.05. The number of esters is 1. The molecule has 0 atom stereocenters. The summed E-state index contributed by atoms with van der Waals surface area (Å²) < 4.78 is 4.93. The van der Waals surface area contributed by atoms with Crippen molar-refractivity contribution in [3.8, 4) is 0 Å². The highest BCUT2D eigenvalue weighted by atomic mass is 16.5. The van der Waals surface area contributed by atoms with Crippen LogP contribution in [0.3, 0.4) is 0 Å². The summed E-state index contributed by atoms with van der Waals surface area (Å²) in [5, 5.41) is 3.14. The lowest BCUT2D eigenvalue weighted by Gasteiger charge is -2.11. The van der Waals surface area contributed by atoms with Gasteiger partial charge in [-0.2, -0.15) is 0 Å². The number of anilines is 2. The van der Waals surface area contributed by atoms with Gasteiger partial charge in [-0.1, -0.05) is 19.8 Å². The average Bonchev–Trinajstić information content (AvgIpc) is 2.36. The summed E-state index contributed by atoms with van der Waals surface area (Å²) in [6, 6.07) is 1.57. The molecule has 0 aliphatic carbocycles. The topological polar surface area (TPSA) is 77.2 Å². The molecule has 0 spiro atoms. The van der Waals surface area contributed by atoms with Gasteiger partial charge in [-0.05, 0) is 19.4 Å². The molecule has 0 amide bonds. The molecule has 0 aliphatic heterocycles. The first-order valence-electron chi connectivity index (χ1n) is 6.36. The van der Waals surface area contributed by atoms with Crippen molar-refractivity contribution >= 4 is 17.5 Å². The predicted molar refractivity (Wildman–Crippen MR) is 72.6 cm³/mol. The molecule has 0 fully saturated rings. The number of nitrogens with two attached hydrogens (primary N) is 1. The van der Waals surface area contributed by atoms with Gasteiger partial charge in [0.25, 0.3) is 0 Å². The highest BCUT2D eigenvalue weighted by Gasteiger charge is 2.13. The SMILES string of the molecule is CCCCCNc1nccc(C(=O)OCC)c1N. The van der Waals surface area contributed by atoms with E-state index in [1.54, 1.807) is 19.2 Å². The van der Waals surface area contributed by atoms with Crippen molar-refractivity contribution in [1.82, 2.24) is 4.98 Å². The van der Waals surface area contributed by atoms with Gasteiger partial charge in [0.15, 0.2) is 0 Å². The van der Waals surface area contributed by atoms with E-state index >= 15 is 0 Å².